The van der Waals surface area contributed by atoms with E-state index in [1.54, 1.807) is 12.1 Å². The second kappa shape index (κ2) is 9.07. The predicted octanol–water partition coefficient (Wildman–Crippen LogP) is 5.28. The first-order valence-electron chi connectivity index (χ1n) is 11.6. The Hall–Kier alpha value is -3.04. The zero-order valence-electron chi connectivity index (χ0n) is 19.6. The van der Waals surface area contributed by atoms with Gasteiger partial charge in [0.25, 0.3) is 0 Å². The second-order valence-electron chi connectivity index (χ2n) is 10.2. The summed E-state index contributed by atoms with van der Waals surface area (Å²) in [5.74, 6) is 0.465. The highest BCUT2D eigenvalue weighted by molar-refractivity contribution is 5.69. The molecule has 2 aliphatic rings. The molecule has 174 valence electrons. The number of nitriles is 1. The van der Waals surface area contributed by atoms with Crippen LogP contribution >= 0.6 is 0 Å². The highest BCUT2D eigenvalue weighted by Crippen LogP contribution is 2.45. The summed E-state index contributed by atoms with van der Waals surface area (Å²) in [6.07, 6.45) is 3.28. The number of piperidine rings is 2. The summed E-state index contributed by atoms with van der Waals surface area (Å²) in [5.41, 5.74) is 0.519. The van der Waals surface area contributed by atoms with E-state index < -0.39 is 11.2 Å². The molecule has 2 fully saturated rings. The van der Waals surface area contributed by atoms with Crippen molar-refractivity contribution in [3.05, 3.63) is 65.2 Å². The number of hydrogen-bond acceptors (Lipinski definition) is 5. The predicted molar refractivity (Wildman–Crippen MR) is 125 cm³/mol. The van der Waals surface area contributed by atoms with Crippen LogP contribution < -0.4 is 4.74 Å². The van der Waals surface area contributed by atoms with Gasteiger partial charge in [0.05, 0.1) is 11.2 Å². The van der Waals surface area contributed by atoms with Crippen molar-refractivity contribution in [1.29, 1.82) is 5.26 Å². The largest absolute Gasteiger partial charge is 0.488 e. The van der Waals surface area contributed by atoms with Gasteiger partial charge in [0.1, 0.15) is 24.0 Å². The first kappa shape index (κ1) is 23.1. The van der Waals surface area contributed by atoms with Gasteiger partial charge in [-0.15, -0.1) is 0 Å². The monoisotopic (exact) mass is 448 g/mol. The fourth-order valence-corrected chi connectivity index (χ4v) is 5.04. The topological polar surface area (TPSA) is 82.8 Å². The molecule has 1 N–H and O–H groups in total. The maximum absolute atomic E-state index is 12.9. The summed E-state index contributed by atoms with van der Waals surface area (Å²) in [6.45, 7) is 5.95. The highest BCUT2D eigenvalue weighted by Gasteiger charge is 2.49. The molecular weight excluding hydrogens is 416 g/mol. The van der Waals surface area contributed by atoms with Crippen molar-refractivity contribution in [2.45, 2.75) is 82.8 Å². The molecule has 0 radical (unpaired) electrons. The van der Waals surface area contributed by atoms with Crippen LogP contribution in [0.15, 0.2) is 48.5 Å². The van der Waals surface area contributed by atoms with Gasteiger partial charge in [-0.3, -0.25) is 0 Å². The van der Waals surface area contributed by atoms with E-state index in [9.17, 15) is 15.2 Å². The molecule has 33 heavy (non-hydrogen) atoms. The molecular formula is C27H32N2O4. The van der Waals surface area contributed by atoms with Crippen molar-refractivity contribution < 1.29 is 19.4 Å². The van der Waals surface area contributed by atoms with Gasteiger partial charge in [0.2, 0.25) is 0 Å². The summed E-state index contributed by atoms with van der Waals surface area (Å²) in [5, 5.41) is 21.3. The average Bonchev–Trinajstić information content (AvgIpc) is 2.76. The summed E-state index contributed by atoms with van der Waals surface area (Å²) in [4.78, 5) is 14.7. The smallest absolute Gasteiger partial charge is 0.410 e. The van der Waals surface area contributed by atoms with Crippen molar-refractivity contribution >= 4 is 6.09 Å². The Labute approximate surface area is 195 Å². The zero-order valence-corrected chi connectivity index (χ0v) is 19.6. The van der Waals surface area contributed by atoms with Crippen LogP contribution in [-0.2, 0) is 16.9 Å². The molecule has 2 heterocycles. The fraction of sp³-hybridized carbons (Fsp3) is 0.481. The number of carbonyl (C=O) groups excluding carboxylic acids is 1. The number of rotatable bonds is 4. The van der Waals surface area contributed by atoms with Gasteiger partial charge < -0.3 is 19.5 Å². The van der Waals surface area contributed by atoms with Crippen LogP contribution in [0, 0.1) is 11.3 Å². The summed E-state index contributed by atoms with van der Waals surface area (Å²) < 4.78 is 11.6. The second-order valence-corrected chi connectivity index (χ2v) is 10.2. The van der Waals surface area contributed by atoms with E-state index in [0.717, 1.165) is 30.4 Å². The minimum Gasteiger partial charge on any atom is -0.488 e. The van der Waals surface area contributed by atoms with Crippen LogP contribution in [0.25, 0.3) is 0 Å². The number of fused-ring (bicyclic) bond motifs is 2. The Bertz CT molecular complexity index is 1020. The Morgan fingerprint density at radius 1 is 1.15 bits per heavy atom. The molecule has 2 aromatic carbocycles. The first-order chi connectivity index (χ1) is 15.7. The van der Waals surface area contributed by atoms with Gasteiger partial charge in [-0.2, -0.15) is 5.26 Å². The highest BCUT2D eigenvalue weighted by atomic mass is 16.6. The Kier molecular flexibility index (Phi) is 6.36. The molecule has 0 aromatic heterocycles. The standard InChI is InChI=1S/C27H32N2O4/c1-26(2,3)33-25(30)29-22-10-7-11-23(29)16-27(31,15-22)21-13-12-20(17-28)24(14-21)32-18-19-8-5-4-6-9-19/h4-6,8-9,12-14,22-23,31H,7,10-11,15-16,18H2,1-3H3. The summed E-state index contributed by atoms with van der Waals surface area (Å²) >= 11 is 0. The van der Waals surface area contributed by atoms with E-state index in [2.05, 4.69) is 6.07 Å². The number of ether oxygens (including phenoxy) is 2. The lowest BCUT2D eigenvalue weighted by atomic mass is 9.72. The lowest BCUT2D eigenvalue weighted by Crippen LogP contribution is -2.59. The third kappa shape index (κ3) is 5.15. The van der Waals surface area contributed by atoms with Gasteiger partial charge in [-0.1, -0.05) is 36.4 Å². The van der Waals surface area contributed by atoms with Gasteiger partial charge >= 0.3 is 6.09 Å². The first-order valence-corrected chi connectivity index (χ1v) is 11.6. The average molecular weight is 449 g/mol. The lowest BCUT2D eigenvalue weighted by molar-refractivity contribution is -0.0966. The van der Waals surface area contributed by atoms with Crippen molar-refractivity contribution in [2.24, 2.45) is 0 Å². The van der Waals surface area contributed by atoms with E-state index >= 15 is 0 Å². The maximum atomic E-state index is 12.9. The van der Waals surface area contributed by atoms with E-state index in [-0.39, 0.29) is 18.2 Å². The maximum Gasteiger partial charge on any atom is 0.410 e. The third-order valence-corrected chi connectivity index (χ3v) is 6.49. The molecule has 2 aliphatic heterocycles. The van der Waals surface area contributed by atoms with Gasteiger partial charge in [-0.25, -0.2) is 4.79 Å². The minimum atomic E-state index is -1.09. The summed E-state index contributed by atoms with van der Waals surface area (Å²) in [7, 11) is 0. The number of hydrogen-bond donors (Lipinski definition) is 1. The molecule has 2 saturated heterocycles. The lowest BCUT2D eigenvalue weighted by Gasteiger charge is -2.51. The van der Waals surface area contributed by atoms with Crippen LogP contribution in [0.4, 0.5) is 4.79 Å². The molecule has 2 unspecified atom stereocenters. The van der Waals surface area contributed by atoms with E-state index in [1.165, 1.54) is 0 Å². The molecule has 6 heteroatoms. The third-order valence-electron chi connectivity index (χ3n) is 6.49. The van der Waals surface area contributed by atoms with Gasteiger partial charge in [-0.05, 0) is 63.3 Å². The van der Waals surface area contributed by atoms with Crippen LogP contribution in [-0.4, -0.2) is 33.8 Å². The molecule has 4 rings (SSSR count). The number of aliphatic hydroxyl groups is 1. The Morgan fingerprint density at radius 2 is 1.82 bits per heavy atom. The van der Waals surface area contributed by atoms with Crippen LogP contribution in [0.1, 0.15) is 69.6 Å². The molecule has 2 aromatic rings. The molecule has 2 bridgehead atoms. The SMILES string of the molecule is CC(C)(C)OC(=O)N1C2CCCC1CC(O)(c1ccc(C#N)c(OCc3ccccc3)c1)C2. The van der Waals surface area contributed by atoms with Crippen molar-refractivity contribution in [1.82, 2.24) is 4.90 Å². The molecule has 6 nitrogen and oxygen atoms in total. The number of amides is 1. The van der Waals surface area contributed by atoms with E-state index in [1.807, 2.05) is 62.1 Å². The molecule has 2 atom stereocenters. The Morgan fingerprint density at radius 3 is 2.42 bits per heavy atom. The fourth-order valence-electron chi connectivity index (χ4n) is 5.04. The molecule has 0 saturated carbocycles. The van der Waals surface area contributed by atoms with Gasteiger partial charge in [0.15, 0.2) is 0 Å². The Balaban J connectivity index is 1.56. The van der Waals surface area contributed by atoms with Crippen LogP contribution in [0.2, 0.25) is 0 Å². The van der Waals surface area contributed by atoms with E-state index in [4.69, 9.17) is 9.47 Å². The van der Waals surface area contributed by atoms with Gasteiger partial charge in [0, 0.05) is 24.9 Å². The number of nitrogens with zero attached hydrogens (tertiary/aromatic N) is 2. The van der Waals surface area contributed by atoms with E-state index in [0.29, 0.717) is 30.8 Å². The van der Waals surface area contributed by atoms with Crippen LogP contribution in [0.5, 0.6) is 5.75 Å². The zero-order chi connectivity index (χ0) is 23.6. The number of benzene rings is 2. The molecule has 0 aliphatic carbocycles. The summed E-state index contributed by atoms with van der Waals surface area (Å²) in [6, 6.07) is 17.1. The molecule has 1 amide bonds. The number of carbonyl (C=O) groups is 1. The quantitative estimate of drug-likeness (QED) is 0.688. The van der Waals surface area contributed by atoms with Crippen molar-refractivity contribution in [3.8, 4) is 11.8 Å². The van der Waals surface area contributed by atoms with Crippen molar-refractivity contribution in [2.75, 3.05) is 0 Å². The minimum absolute atomic E-state index is 0.0818. The van der Waals surface area contributed by atoms with Crippen molar-refractivity contribution in [3.63, 3.8) is 0 Å². The molecule has 0 spiro atoms. The normalized spacial score (nSPS) is 24.6. The van der Waals surface area contributed by atoms with Crippen LogP contribution in [0.3, 0.4) is 0 Å².